The van der Waals surface area contributed by atoms with Gasteiger partial charge in [-0.1, -0.05) is 48.5 Å². The van der Waals surface area contributed by atoms with E-state index in [0.29, 0.717) is 11.6 Å². The smallest absolute Gasteiger partial charge is 0.188 e. The lowest BCUT2D eigenvalue weighted by atomic mass is 10.1. The largest absolute Gasteiger partial charge is 0.453 e. The number of hydrogen-bond donors (Lipinski definition) is 1. The van der Waals surface area contributed by atoms with Crippen LogP contribution in [0.15, 0.2) is 84.4 Å². The van der Waals surface area contributed by atoms with E-state index in [4.69, 9.17) is 4.74 Å². The summed E-state index contributed by atoms with van der Waals surface area (Å²) in [6.07, 6.45) is 3.64. The summed E-state index contributed by atoms with van der Waals surface area (Å²) in [7, 11) is 0. The van der Waals surface area contributed by atoms with E-state index in [2.05, 4.69) is 44.9 Å². The van der Waals surface area contributed by atoms with Crippen molar-refractivity contribution in [2.24, 2.45) is 0 Å². The molecule has 0 aliphatic heterocycles. The van der Waals surface area contributed by atoms with Gasteiger partial charge in [-0.15, -0.1) is 11.3 Å². The number of hydrogen-bond acceptors (Lipinski definition) is 5. The van der Waals surface area contributed by atoms with Crippen LogP contribution >= 0.6 is 11.3 Å². The Bertz CT molecular complexity index is 987. The Morgan fingerprint density at radius 1 is 0.852 bits per heavy atom. The van der Waals surface area contributed by atoms with Crippen LogP contribution in [0.3, 0.4) is 0 Å². The van der Waals surface area contributed by atoms with Crippen molar-refractivity contribution < 1.29 is 4.74 Å². The number of pyridine rings is 1. The Labute approximate surface area is 162 Å². The number of rotatable bonds is 7. The molecule has 2 heterocycles. The summed E-state index contributed by atoms with van der Waals surface area (Å²) in [6, 6.07) is 23.9. The number of thiazole rings is 1. The second-order valence-electron chi connectivity index (χ2n) is 6.02. The second kappa shape index (κ2) is 8.47. The standard InChI is InChI=1S/C22H19N3OS/c1-3-8-17(9-4-1)13-14-18-16-27-22(24-18)25-21-20(12-7-15-23-21)26-19-10-5-2-6-11-19/h1-12,15-16H,13-14H2,(H,23,24,25). The van der Waals surface area contributed by atoms with Gasteiger partial charge in [-0.3, -0.25) is 0 Å². The zero-order valence-electron chi connectivity index (χ0n) is 14.7. The van der Waals surface area contributed by atoms with Gasteiger partial charge in [0.05, 0.1) is 5.69 Å². The van der Waals surface area contributed by atoms with Crippen LogP contribution in [0.5, 0.6) is 11.5 Å². The van der Waals surface area contributed by atoms with Crippen molar-refractivity contribution in [1.82, 2.24) is 9.97 Å². The summed E-state index contributed by atoms with van der Waals surface area (Å²) in [4.78, 5) is 9.08. The topological polar surface area (TPSA) is 47.0 Å². The van der Waals surface area contributed by atoms with E-state index in [1.165, 1.54) is 5.56 Å². The fourth-order valence-electron chi connectivity index (χ4n) is 2.68. The lowest BCUT2D eigenvalue weighted by Crippen LogP contribution is -1.97. The summed E-state index contributed by atoms with van der Waals surface area (Å²) >= 11 is 1.58. The Kier molecular flexibility index (Phi) is 5.41. The fourth-order valence-corrected chi connectivity index (χ4v) is 3.42. The van der Waals surface area contributed by atoms with Gasteiger partial charge in [-0.25, -0.2) is 9.97 Å². The molecule has 0 aliphatic carbocycles. The van der Waals surface area contributed by atoms with Gasteiger partial charge < -0.3 is 10.1 Å². The Morgan fingerprint density at radius 3 is 2.44 bits per heavy atom. The highest BCUT2D eigenvalue weighted by Gasteiger charge is 2.09. The SMILES string of the molecule is c1ccc(CCc2csc(Nc3ncccc3Oc3ccccc3)n2)cc1. The summed E-state index contributed by atoms with van der Waals surface area (Å²) in [5.41, 5.74) is 2.40. The van der Waals surface area contributed by atoms with Gasteiger partial charge in [0.2, 0.25) is 0 Å². The first kappa shape index (κ1) is 17.2. The van der Waals surface area contributed by atoms with E-state index in [1.807, 2.05) is 48.5 Å². The molecular weight excluding hydrogens is 354 g/mol. The average molecular weight is 373 g/mol. The maximum atomic E-state index is 5.95. The molecule has 4 nitrogen and oxygen atoms in total. The molecule has 0 unspecified atom stereocenters. The maximum Gasteiger partial charge on any atom is 0.188 e. The number of anilines is 2. The molecule has 1 N–H and O–H groups in total. The highest BCUT2D eigenvalue weighted by atomic mass is 32.1. The minimum atomic E-state index is 0.658. The van der Waals surface area contributed by atoms with E-state index in [-0.39, 0.29) is 0 Å². The third-order valence-corrected chi connectivity index (χ3v) is 4.84. The highest BCUT2D eigenvalue weighted by molar-refractivity contribution is 7.13. The fraction of sp³-hybridized carbons (Fsp3) is 0.0909. The molecule has 2 aromatic heterocycles. The molecule has 0 saturated carbocycles. The van der Waals surface area contributed by atoms with Gasteiger partial charge >= 0.3 is 0 Å². The molecule has 0 aliphatic rings. The zero-order valence-corrected chi connectivity index (χ0v) is 15.5. The Hall–Kier alpha value is -3.18. The van der Waals surface area contributed by atoms with E-state index >= 15 is 0 Å². The van der Waals surface area contributed by atoms with Crippen LogP contribution in [0.4, 0.5) is 10.9 Å². The van der Waals surface area contributed by atoms with Gasteiger partial charge in [0.15, 0.2) is 16.7 Å². The molecule has 0 atom stereocenters. The molecular formula is C22H19N3OS. The van der Waals surface area contributed by atoms with Crippen molar-refractivity contribution in [1.29, 1.82) is 0 Å². The normalized spacial score (nSPS) is 10.5. The van der Waals surface area contributed by atoms with E-state index in [1.54, 1.807) is 17.5 Å². The quantitative estimate of drug-likeness (QED) is 0.441. The van der Waals surface area contributed by atoms with Gasteiger partial charge in [-0.2, -0.15) is 0 Å². The first-order valence-electron chi connectivity index (χ1n) is 8.80. The first-order valence-corrected chi connectivity index (χ1v) is 9.68. The van der Waals surface area contributed by atoms with Crippen LogP contribution in [0.1, 0.15) is 11.3 Å². The van der Waals surface area contributed by atoms with Crippen LogP contribution in [0.2, 0.25) is 0 Å². The molecule has 4 aromatic rings. The minimum Gasteiger partial charge on any atom is -0.453 e. The van der Waals surface area contributed by atoms with Gasteiger partial charge in [-0.05, 0) is 42.7 Å². The average Bonchev–Trinajstić information content (AvgIpc) is 3.17. The van der Waals surface area contributed by atoms with E-state index in [0.717, 1.165) is 29.4 Å². The predicted octanol–water partition coefficient (Wildman–Crippen LogP) is 5.86. The summed E-state index contributed by atoms with van der Waals surface area (Å²) < 4.78 is 5.95. The molecule has 0 bridgehead atoms. The van der Waals surface area contributed by atoms with Crippen molar-refractivity contribution in [3.05, 3.63) is 95.6 Å². The number of benzene rings is 2. The molecule has 0 spiro atoms. The molecule has 0 radical (unpaired) electrons. The second-order valence-corrected chi connectivity index (χ2v) is 6.88. The number of ether oxygens (including phenoxy) is 1. The minimum absolute atomic E-state index is 0.658. The number of nitrogens with zero attached hydrogens (tertiary/aromatic N) is 2. The number of para-hydroxylation sites is 1. The van der Waals surface area contributed by atoms with Gasteiger partial charge in [0.1, 0.15) is 5.75 Å². The first-order chi connectivity index (χ1) is 13.4. The molecule has 5 heteroatoms. The summed E-state index contributed by atoms with van der Waals surface area (Å²) in [6.45, 7) is 0. The van der Waals surface area contributed by atoms with Crippen molar-refractivity contribution in [2.75, 3.05) is 5.32 Å². The summed E-state index contributed by atoms with van der Waals surface area (Å²) in [5.74, 6) is 2.10. The lowest BCUT2D eigenvalue weighted by Gasteiger charge is -2.10. The third kappa shape index (κ3) is 4.71. The highest BCUT2D eigenvalue weighted by Crippen LogP contribution is 2.30. The third-order valence-electron chi connectivity index (χ3n) is 4.03. The Morgan fingerprint density at radius 2 is 1.63 bits per heavy atom. The Balaban J connectivity index is 1.43. The molecule has 27 heavy (non-hydrogen) atoms. The molecule has 0 saturated heterocycles. The zero-order chi connectivity index (χ0) is 18.3. The molecule has 0 fully saturated rings. The molecule has 4 rings (SSSR count). The maximum absolute atomic E-state index is 5.95. The van der Waals surface area contributed by atoms with Crippen molar-refractivity contribution >= 4 is 22.3 Å². The van der Waals surface area contributed by atoms with Crippen molar-refractivity contribution in [3.8, 4) is 11.5 Å². The molecule has 0 amide bonds. The number of nitrogens with one attached hydrogen (secondary N) is 1. The van der Waals surface area contributed by atoms with Gasteiger partial charge in [0.25, 0.3) is 0 Å². The number of aryl methyl sites for hydroxylation is 2. The van der Waals surface area contributed by atoms with Crippen LogP contribution in [-0.4, -0.2) is 9.97 Å². The summed E-state index contributed by atoms with van der Waals surface area (Å²) in [5, 5.41) is 6.19. The van der Waals surface area contributed by atoms with Crippen LogP contribution in [0.25, 0.3) is 0 Å². The molecule has 2 aromatic carbocycles. The van der Waals surface area contributed by atoms with E-state index < -0.39 is 0 Å². The van der Waals surface area contributed by atoms with Crippen LogP contribution in [0, 0.1) is 0 Å². The van der Waals surface area contributed by atoms with Gasteiger partial charge in [0, 0.05) is 11.6 Å². The van der Waals surface area contributed by atoms with Crippen molar-refractivity contribution in [3.63, 3.8) is 0 Å². The predicted molar refractivity (Wildman–Crippen MR) is 110 cm³/mol. The lowest BCUT2D eigenvalue weighted by molar-refractivity contribution is 0.483. The van der Waals surface area contributed by atoms with Crippen LogP contribution in [-0.2, 0) is 12.8 Å². The van der Waals surface area contributed by atoms with Crippen LogP contribution < -0.4 is 10.1 Å². The van der Waals surface area contributed by atoms with Crippen molar-refractivity contribution in [2.45, 2.75) is 12.8 Å². The molecule has 134 valence electrons. The number of aromatic nitrogens is 2. The monoisotopic (exact) mass is 373 g/mol. The van der Waals surface area contributed by atoms with E-state index in [9.17, 15) is 0 Å².